The molecule has 0 aliphatic carbocycles. The summed E-state index contributed by atoms with van der Waals surface area (Å²) in [6.07, 6.45) is 0. The molecule has 0 atom stereocenters. The summed E-state index contributed by atoms with van der Waals surface area (Å²) in [5.74, 6) is -0.218. The number of rotatable bonds is 4. The number of nitrogens with zero attached hydrogens (tertiary/aromatic N) is 1. The van der Waals surface area contributed by atoms with Gasteiger partial charge in [0.2, 0.25) is 0 Å². The van der Waals surface area contributed by atoms with Crippen molar-refractivity contribution >= 4 is 22.8 Å². The van der Waals surface area contributed by atoms with Crippen molar-refractivity contribution < 1.29 is 4.39 Å². The minimum atomic E-state index is -0.218. The highest BCUT2D eigenvalue weighted by Crippen LogP contribution is 2.30. The van der Waals surface area contributed by atoms with Crippen LogP contribution in [0.25, 0.3) is 11.0 Å². The monoisotopic (exact) mass is 287 g/mol. The molecule has 0 radical (unpaired) electrons. The maximum atomic E-state index is 13.3. The molecule has 2 N–H and O–H groups in total. The second-order valence-corrected chi connectivity index (χ2v) is 5.47. The number of H-pyrrole nitrogens is 1. The third-order valence-corrected chi connectivity index (χ3v) is 3.97. The number of halogens is 1. The molecule has 0 spiro atoms. The van der Waals surface area contributed by atoms with Crippen molar-refractivity contribution in [2.45, 2.75) is 16.6 Å². The van der Waals surface area contributed by atoms with Crippen molar-refractivity contribution in [3.63, 3.8) is 0 Å². The van der Waals surface area contributed by atoms with E-state index < -0.39 is 0 Å². The van der Waals surface area contributed by atoms with Gasteiger partial charge in [-0.1, -0.05) is 23.9 Å². The molecule has 2 aromatic carbocycles. The third-order valence-electron chi connectivity index (χ3n) is 2.96. The first-order chi connectivity index (χ1) is 9.76. The van der Waals surface area contributed by atoms with E-state index in [2.05, 4.69) is 15.3 Å². The Morgan fingerprint density at radius 3 is 2.90 bits per heavy atom. The lowest BCUT2D eigenvalue weighted by Crippen LogP contribution is -2.06. The Bertz CT molecular complexity index is 706. The zero-order valence-electron chi connectivity index (χ0n) is 11.0. The molecule has 0 bridgehead atoms. The van der Waals surface area contributed by atoms with Crippen LogP contribution in [0.4, 0.5) is 4.39 Å². The van der Waals surface area contributed by atoms with Crippen LogP contribution in [-0.4, -0.2) is 17.0 Å². The number of imidazole rings is 1. The molecule has 0 saturated heterocycles. The molecule has 0 saturated carbocycles. The van der Waals surface area contributed by atoms with Crippen LogP contribution in [0.5, 0.6) is 0 Å². The number of hydrogen-bond acceptors (Lipinski definition) is 3. The number of hydrogen-bond donors (Lipinski definition) is 2. The highest BCUT2D eigenvalue weighted by molar-refractivity contribution is 7.99. The molecule has 1 aromatic heterocycles. The van der Waals surface area contributed by atoms with E-state index in [-0.39, 0.29) is 5.82 Å². The number of benzene rings is 2. The van der Waals surface area contributed by atoms with Gasteiger partial charge < -0.3 is 10.3 Å². The van der Waals surface area contributed by atoms with Gasteiger partial charge in [-0.25, -0.2) is 9.37 Å². The fourth-order valence-corrected chi connectivity index (χ4v) is 2.97. The number of aromatic amines is 1. The van der Waals surface area contributed by atoms with E-state index in [4.69, 9.17) is 0 Å². The van der Waals surface area contributed by atoms with Gasteiger partial charge in [-0.15, -0.1) is 0 Å². The van der Waals surface area contributed by atoms with Crippen LogP contribution in [0.2, 0.25) is 0 Å². The van der Waals surface area contributed by atoms with Crippen LogP contribution in [-0.2, 0) is 6.54 Å². The van der Waals surface area contributed by atoms with Gasteiger partial charge >= 0.3 is 0 Å². The largest absolute Gasteiger partial charge is 0.333 e. The first-order valence-electron chi connectivity index (χ1n) is 6.32. The topological polar surface area (TPSA) is 40.7 Å². The Hall–Kier alpha value is -1.85. The Kier molecular flexibility index (Phi) is 3.71. The average molecular weight is 287 g/mol. The molecule has 5 heteroatoms. The lowest BCUT2D eigenvalue weighted by Gasteiger charge is -2.07. The van der Waals surface area contributed by atoms with E-state index >= 15 is 0 Å². The van der Waals surface area contributed by atoms with E-state index in [1.807, 2.05) is 31.3 Å². The predicted octanol–water partition coefficient (Wildman–Crippen LogP) is 3.57. The van der Waals surface area contributed by atoms with E-state index in [1.54, 1.807) is 12.1 Å². The molecule has 3 rings (SSSR count). The van der Waals surface area contributed by atoms with Crippen molar-refractivity contribution in [2.75, 3.05) is 7.05 Å². The minimum Gasteiger partial charge on any atom is -0.333 e. The SMILES string of the molecule is CNCc1cc(F)ccc1Sc1nc2ccccc2[nH]1. The van der Waals surface area contributed by atoms with Crippen molar-refractivity contribution in [1.82, 2.24) is 15.3 Å². The van der Waals surface area contributed by atoms with E-state index in [1.165, 1.54) is 17.8 Å². The van der Waals surface area contributed by atoms with Crippen molar-refractivity contribution in [3.8, 4) is 0 Å². The molecular weight excluding hydrogens is 273 g/mol. The summed E-state index contributed by atoms with van der Waals surface area (Å²) in [4.78, 5) is 8.79. The molecule has 0 amide bonds. The predicted molar refractivity (Wildman–Crippen MR) is 79.4 cm³/mol. The lowest BCUT2D eigenvalue weighted by atomic mass is 10.2. The fourth-order valence-electron chi connectivity index (χ4n) is 2.06. The van der Waals surface area contributed by atoms with Gasteiger partial charge in [0.15, 0.2) is 5.16 Å². The minimum absolute atomic E-state index is 0.218. The molecule has 3 aromatic rings. The van der Waals surface area contributed by atoms with Crippen LogP contribution in [0.3, 0.4) is 0 Å². The van der Waals surface area contributed by atoms with Gasteiger partial charge in [-0.05, 0) is 42.9 Å². The van der Waals surface area contributed by atoms with Gasteiger partial charge in [-0.2, -0.15) is 0 Å². The van der Waals surface area contributed by atoms with Gasteiger partial charge in [-0.3, -0.25) is 0 Å². The number of fused-ring (bicyclic) bond motifs is 1. The zero-order valence-corrected chi connectivity index (χ0v) is 11.8. The molecule has 20 heavy (non-hydrogen) atoms. The van der Waals surface area contributed by atoms with Crippen LogP contribution in [0, 0.1) is 5.82 Å². The normalized spacial score (nSPS) is 11.1. The maximum absolute atomic E-state index is 13.3. The molecule has 102 valence electrons. The van der Waals surface area contributed by atoms with Crippen molar-refractivity contribution in [3.05, 3.63) is 53.8 Å². The first kappa shape index (κ1) is 13.1. The average Bonchev–Trinajstić information content (AvgIpc) is 2.84. The second-order valence-electron chi connectivity index (χ2n) is 4.44. The first-order valence-corrected chi connectivity index (χ1v) is 7.13. The van der Waals surface area contributed by atoms with Crippen molar-refractivity contribution in [2.24, 2.45) is 0 Å². The highest BCUT2D eigenvalue weighted by Gasteiger charge is 2.09. The molecule has 0 aliphatic rings. The van der Waals surface area contributed by atoms with Crippen LogP contribution in [0.1, 0.15) is 5.56 Å². The third kappa shape index (κ3) is 2.69. The van der Waals surface area contributed by atoms with Gasteiger partial charge in [0.05, 0.1) is 11.0 Å². The summed E-state index contributed by atoms with van der Waals surface area (Å²) in [5, 5.41) is 3.87. The quantitative estimate of drug-likeness (QED) is 0.770. The Labute approximate surface area is 120 Å². The molecule has 0 fully saturated rings. The highest BCUT2D eigenvalue weighted by atomic mass is 32.2. The van der Waals surface area contributed by atoms with E-state index in [0.717, 1.165) is 26.6 Å². The van der Waals surface area contributed by atoms with E-state index in [0.29, 0.717) is 6.54 Å². The summed E-state index contributed by atoms with van der Waals surface area (Å²) < 4.78 is 13.3. The molecular formula is C15H14FN3S. The Balaban J connectivity index is 1.93. The molecule has 0 unspecified atom stereocenters. The standard InChI is InChI=1S/C15H14FN3S/c1-17-9-10-8-11(16)6-7-14(10)20-15-18-12-4-2-3-5-13(12)19-15/h2-8,17H,9H2,1H3,(H,18,19). The zero-order chi connectivity index (χ0) is 13.9. The number of para-hydroxylation sites is 2. The maximum Gasteiger partial charge on any atom is 0.171 e. The van der Waals surface area contributed by atoms with Crippen molar-refractivity contribution in [1.29, 1.82) is 0 Å². The van der Waals surface area contributed by atoms with Gasteiger partial charge in [0.25, 0.3) is 0 Å². The van der Waals surface area contributed by atoms with Crippen LogP contribution in [0.15, 0.2) is 52.5 Å². The fraction of sp³-hybridized carbons (Fsp3) is 0.133. The second kappa shape index (κ2) is 5.64. The van der Waals surface area contributed by atoms with Crippen LogP contribution < -0.4 is 5.32 Å². The molecule has 3 nitrogen and oxygen atoms in total. The Morgan fingerprint density at radius 1 is 1.25 bits per heavy atom. The van der Waals surface area contributed by atoms with E-state index in [9.17, 15) is 4.39 Å². The summed E-state index contributed by atoms with van der Waals surface area (Å²) in [6.45, 7) is 0.625. The Morgan fingerprint density at radius 2 is 2.10 bits per heavy atom. The molecule has 0 aliphatic heterocycles. The van der Waals surface area contributed by atoms with Crippen LogP contribution >= 0.6 is 11.8 Å². The summed E-state index contributed by atoms with van der Waals surface area (Å²) in [6, 6.07) is 12.7. The number of nitrogens with one attached hydrogen (secondary N) is 2. The summed E-state index contributed by atoms with van der Waals surface area (Å²) >= 11 is 1.52. The smallest absolute Gasteiger partial charge is 0.171 e. The summed E-state index contributed by atoms with van der Waals surface area (Å²) in [5.41, 5.74) is 2.87. The van der Waals surface area contributed by atoms with Gasteiger partial charge in [0, 0.05) is 11.4 Å². The number of aromatic nitrogens is 2. The lowest BCUT2D eigenvalue weighted by molar-refractivity contribution is 0.621. The van der Waals surface area contributed by atoms with Gasteiger partial charge in [0.1, 0.15) is 5.82 Å². The summed E-state index contributed by atoms with van der Waals surface area (Å²) in [7, 11) is 1.85. The molecule has 1 heterocycles.